The lowest BCUT2D eigenvalue weighted by Crippen LogP contribution is -2.45. The van der Waals surface area contributed by atoms with E-state index in [1.807, 2.05) is 35.4 Å². The van der Waals surface area contributed by atoms with E-state index in [-0.39, 0.29) is 24.3 Å². The third kappa shape index (κ3) is 5.72. The topological polar surface area (TPSA) is 101 Å². The van der Waals surface area contributed by atoms with Crippen molar-refractivity contribution in [2.75, 3.05) is 31.5 Å². The number of guanidine groups is 1. The van der Waals surface area contributed by atoms with E-state index in [4.69, 9.17) is 5.26 Å². The molecule has 1 atom stereocenters. The van der Waals surface area contributed by atoms with Crippen molar-refractivity contribution in [2.24, 2.45) is 4.99 Å². The van der Waals surface area contributed by atoms with Gasteiger partial charge in [0.25, 0.3) is 0 Å². The predicted molar refractivity (Wildman–Crippen MR) is 116 cm³/mol. The number of carbonyl (C=O) groups is 2. The second-order valence-corrected chi connectivity index (χ2v) is 7.75. The summed E-state index contributed by atoms with van der Waals surface area (Å²) < 4.78 is 0. The molecule has 0 aromatic heterocycles. The van der Waals surface area contributed by atoms with E-state index in [9.17, 15) is 9.59 Å². The van der Waals surface area contributed by atoms with E-state index in [0.29, 0.717) is 13.0 Å². The maximum absolute atomic E-state index is 13.1. The van der Waals surface area contributed by atoms with Crippen molar-refractivity contribution in [1.82, 2.24) is 15.1 Å². The van der Waals surface area contributed by atoms with Crippen molar-refractivity contribution >= 4 is 23.5 Å². The van der Waals surface area contributed by atoms with Gasteiger partial charge in [0.15, 0.2) is 6.19 Å². The van der Waals surface area contributed by atoms with Crippen molar-refractivity contribution in [1.29, 1.82) is 5.26 Å². The van der Waals surface area contributed by atoms with Crippen molar-refractivity contribution in [3.05, 3.63) is 29.8 Å². The van der Waals surface area contributed by atoms with Gasteiger partial charge in [0.05, 0.1) is 6.54 Å². The van der Waals surface area contributed by atoms with Gasteiger partial charge in [0.1, 0.15) is 6.04 Å². The van der Waals surface area contributed by atoms with Crippen LogP contribution in [0.2, 0.25) is 0 Å². The Balaban J connectivity index is 1.72. The molecule has 1 unspecified atom stereocenters. The monoisotopic (exact) mass is 410 g/mol. The molecular weight excluding hydrogens is 380 g/mol. The molecular formula is C22H30N6O2. The first-order valence-corrected chi connectivity index (χ1v) is 10.8. The zero-order valence-corrected chi connectivity index (χ0v) is 17.6. The molecule has 8 nitrogen and oxygen atoms in total. The van der Waals surface area contributed by atoms with Gasteiger partial charge in [0, 0.05) is 25.3 Å². The third-order valence-corrected chi connectivity index (χ3v) is 5.59. The summed E-state index contributed by atoms with van der Waals surface area (Å²) in [5.74, 6) is 0.105. The lowest BCUT2D eigenvalue weighted by atomic mass is 10.1. The number of hydrogen-bond acceptors (Lipinski definition) is 4. The van der Waals surface area contributed by atoms with Crippen LogP contribution in [0, 0.1) is 11.5 Å². The number of nitrogens with zero attached hydrogens (tertiary/aromatic N) is 4. The van der Waals surface area contributed by atoms with Crippen LogP contribution >= 0.6 is 0 Å². The maximum atomic E-state index is 13.1. The van der Waals surface area contributed by atoms with E-state index in [2.05, 4.69) is 22.5 Å². The summed E-state index contributed by atoms with van der Waals surface area (Å²) in [6.07, 6.45) is 7.13. The molecule has 2 amide bonds. The molecule has 2 aliphatic heterocycles. The van der Waals surface area contributed by atoms with E-state index < -0.39 is 6.04 Å². The standard InChI is InChI=1S/C22H30N6O2/c1-2-17-8-7-9-18(14-17)25-22(24-16-23)26-19-10-3-4-13-28(21(19)30)15-20(29)27-11-5-6-12-27/h7-9,14,19H,2-6,10-13,15H2,1H3,(H2,24,25,26). The summed E-state index contributed by atoms with van der Waals surface area (Å²) in [5.41, 5.74) is 1.96. The highest BCUT2D eigenvalue weighted by molar-refractivity contribution is 5.97. The molecule has 0 spiro atoms. The number of nitriles is 1. The first-order chi connectivity index (χ1) is 14.6. The minimum Gasteiger partial charge on any atom is -0.341 e. The lowest BCUT2D eigenvalue weighted by molar-refractivity contribution is -0.140. The fourth-order valence-electron chi connectivity index (χ4n) is 3.90. The van der Waals surface area contributed by atoms with Gasteiger partial charge in [-0.25, -0.2) is 4.99 Å². The Hall–Kier alpha value is -3.08. The minimum atomic E-state index is -0.614. The second kappa shape index (κ2) is 10.6. The SMILES string of the molecule is CCc1cccc(NC(=NC2CCCCN(CC(=O)N3CCCC3)C2=O)NC#N)c1. The number of benzene rings is 1. The van der Waals surface area contributed by atoms with E-state index in [0.717, 1.165) is 56.4 Å². The predicted octanol–water partition coefficient (Wildman–Crippen LogP) is 2.09. The minimum absolute atomic E-state index is 0.00959. The number of carbonyl (C=O) groups excluding carboxylic acids is 2. The number of amides is 2. The maximum Gasteiger partial charge on any atom is 0.247 e. The molecule has 8 heteroatoms. The highest BCUT2D eigenvalue weighted by Gasteiger charge is 2.30. The summed E-state index contributed by atoms with van der Waals surface area (Å²) in [6.45, 7) is 4.30. The Labute approximate surface area is 177 Å². The summed E-state index contributed by atoms with van der Waals surface area (Å²) >= 11 is 0. The summed E-state index contributed by atoms with van der Waals surface area (Å²) in [7, 11) is 0. The second-order valence-electron chi connectivity index (χ2n) is 7.75. The summed E-state index contributed by atoms with van der Waals surface area (Å²) in [5, 5.41) is 14.8. The Bertz CT molecular complexity index is 825. The zero-order valence-electron chi connectivity index (χ0n) is 17.6. The van der Waals surface area contributed by atoms with Gasteiger partial charge in [-0.3, -0.25) is 14.9 Å². The Morgan fingerprint density at radius 2 is 2.00 bits per heavy atom. The van der Waals surface area contributed by atoms with Crippen LogP contribution in [0.3, 0.4) is 0 Å². The Kier molecular flexibility index (Phi) is 7.66. The van der Waals surface area contributed by atoms with Crippen molar-refractivity contribution in [3.63, 3.8) is 0 Å². The van der Waals surface area contributed by atoms with E-state index in [1.54, 1.807) is 4.90 Å². The molecule has 30 heavy (non-hydrogen) atoms. The van der Waals surface area contributed by atoms with Crippen LogP contribution in [0.25, 0.3) is 0 Å². The van der Waals surface area contributed by atoms with Crippen LogP contribution < -0.4 is 10.6 Å². The molecule has 2 saturated heterocycles. The fourth-order valence-corrected chi connectivity index (χ4v) is 3.90. The van der Waals surface area contributed by atoms with Crippen LogP contribution in [-0.2, 0) is 16.0 Å². The number of rotatable bonds is 5. The normalized spacial score (nSPS) is 19.9. The van der Waals surface area contributed by atoms with Crippen LogP contribution in [0.1, 0.15) is 44.6 Å². The average Bonchev–Trinajstić information content (AvgIpc) is 3.24. The summed E-state index contributed by atoms with van der Waals surface area (Å²) in [6, 6.07) is 7.24. The molecule has 160 valence electrons. The first-order valence-electron chi connectivity index (χ1n) is 10.8. The van der Waals surface area contributed by atoms with Crippen molar-refractivity contribution < 1.29 is 9.59 Å². The molecule has 0 saturated carbocycles. The van der Waals surface area contributed by atoms with Gasteiger partial charge in [-0.1, -0.05) is 19.1 Å². The van der Waals surface area contributed by atoms with Gasteiger partial charge in [-0.2, -0.15) is 5.26 Å². The Morgan fingerprint density at radius 3 is 2.73 bits per heavy atom. The van der Waals surface area contributed by atoms with Gasteiger partial charge in [-0.05, 0) is 56.2 Å². The van der Waals surface area contributed by atoms with Crippen LogP contribution in [0.4, 0.5) is 5.69 Å². The first kappa shape index (κ1) is 21.6. The number of likely N-dealkylation sites (tertiary alicyclic amines) is 2. The molecule has 3 rings (SSSR count). The fraction of sp³-hybridized carbons (Fsp3) is 0.545. The molecule has 2 fully saturated rings. The molecule has 0 radical (unpaired) electrons. The van der Waals surface area contributed by atoms with Crippen molar-refractivity contribution in [3.8, 4) is 6.19 Å². The van der Waals surface area contributed by atoms with Crippen LogP contribution in [0.5, 0.6) is 0 Å². The number of aliphatic imine (C=N–C) groups is 1. The molecule has 2 N–H and O–H groups in total. The number of anilines is 1. The smallest absolute Gasteiger partial charge is 0.247 e. The quantitative estimate of drug-likeness (QED) is 0.335. The van der Waals surface area contributed by atoms with Crippen LogP contribution in [0.15, 0.2) is 29.3 Å². The summed E-state index contributed by atoms with van der Waals surface area (Å²) in [4.78, 5) is 33.6. The third-order valence-electron chi connectivity index (χ3n) is 5.59. The zero-order chi connectivity index (χ0) is 21.3. The van der Waals surface area contributed by atoms with Gasteiger partial charge < -0.3 is 15.1 Å². The highest BCUT2D eigenvalue weighted by Crippen LogP contribution is 2.17. The van der Waals surface area contributed by atoms with Crippen LogP contribution in [-0.4, -0.2) is 59.8 Å². The van der Waals surface area contributed by atoms with Crippen molar-refractivity contribution in [2.45, 2.75) is 51.5 Å². The largest absolute Gasteiger partial charge is 0.341 e. The molecule has 0 bridgehead atoms. The average molecular weight is 411 g/mol. The molecule has 1 aromatic rings. The molecule has 0 aliphatic carbocycles. The van der Waals surface area contributed by atoms with Gasteiger partial charge >= 0.3 is 0 Å². The number of aryl methyl sites for hydroxylation is 1. The van der Waals surface area contributed by atoms with Gasteiger partial charge in [-0.15, -0.1) is 0 Å². The lowest BCUT2D eigenvalue weighted by Gasteiger charge is -2.25. The molecule has 2 heterocycles. The number of nitrogens with one attached hydrogen (secondary N) is 2. The number of hydrogen-bond donors (Lipinski definition) is 2. The van der Waals surface area contributed by atoms with E-state index in [1.165, 1.54) is 0 Å². The van der Waals surface area contributed by atoms with E-state index >= 15 is 0 Å². The highest BCUT2D eigenvalue weighted by atomic mass is 16.2. The molecule has 2 aliphatic rings. The molecule has 1 aromatic carbocycles. The van der Waals surface area contributed by atoms with Gasteiger partial charge in [0.2, 0.25) is 17.8 Å². The Morgan fingerprint density at radius 1 is 1.23 bits per heavy atom.